The van der Waals surface area contributed by atoms with Crippen molar-refractivity contribution in [3.63, 3.8) is 0 Å². The summed E-state index contributed by atoms with van der Waals surface area (Å²) in [6, 6.07) is 5.44. The summed E-state index contributed by atoms with van der Waals surface area (Å²) in [4.78, 5) is 23.2. The van der Waals surface area contributed by atoms with Crippen LogP contribution in [0.3, 0.4) is 0 Å². The summed E-state index contributed by atoms with van der Waals surface area (Å²) in [5.41, 5.74) is 1.37. The van der Waals surface area contributed by atoms with Crippen LogP contribution in [0.4, 0.5) is 0 Å². The maximum absolute atomic E-state index is 11.8. The molecule has 0 heterocycles. The molecule has 0 N–H and O–H groups in total. The minimum Gasteiger partial charge on any atom is -0.466 e. The molecular formula is C14H17IO4. The van der Waals surface area contributed by atoms with Gasteiger partial charge < -0.3 is 9.47 Å². The Morgan fingerprint density at radius 2 is 1.84 bits per heavy atom. The number of halogens is 1. The second-order valence-corrected chi connectivity index (χ2v) is 4.95. The monoisotopic (exact) mass is 376 g/mol. The van der Waals surface area contributed by atoms with Crippen LogP contribution in [0.2, 0.25) is 0 Å². The lowest BCUT2D eigenvalue weighted by atomic mass is 10.0. The first-order valence-corrected chi connectivity index (χ1v) is 7.28. The van der Waals surface area contributed by atoms with E-state index < -0.39 is 0 Å². The Kier molecular flexibility index (Phi) is 6.83. The van der Waals surface area contributed by atoms with Gasteiger partial charge in [-0.3, -0.25) is 4.79 Å². The van der Waals surface area contributed by atoms with Crippen molar-refractivity contribution >= 4 is 34.5 Å². The van der Waals surface area contributed by atoms with Gasteiger partial charge in [0.25, 0.3) is 0 Å². The maximum atomic E-state index is 11.8. The number of ether oxygens (including phenoxy) is 2. The third kappa shape index (κ3) is 4.81. The van der Waals surface area contributed by atoms with Crippen LogP contribution >= 0.6 is 22.6 Å². The minimum absolute atomic E-state index is 0.253. The molecule has 0 aliphatic rings. The quantitative estimate of drug-likeness (QED) is 0.566. The van der Waals surface area contributed by atoms with Crippen molar-refractivity contribution in [1.82, 2.24) is 0 Å². The fraction of sp³-hybridized carbons (Fsp3) is 0.429. The second-order valence-electron chi connectivity index (χ2n) is 3.79. The molecule has 0 amide bonds. The lowest BCUT2D eigenvalue weighted by Gasteiger charge is -2.10. The van der Waals surface area contributed by atoms with Gasteiger partial charge >= 0.3 is 11.9 Å². The fourth-order valence-electron chi connectivity index (χ4n) is 1.67. The normalized spacial score (nSPS) is 10.1. The highest BCUT2D eigenvalue weighted by atomic mass is 127. The summed E-state index contributed by atoms with van der Waals surface area (Å²) in [7, 11) is 0. The van der Waals surface area contributed by atoms with Crippen molar-refractivity contribution in [2.24, 2.45) is 0 Å². The first-order chi connectivity index (χ1) is 9.10. The lowest BCUT2D eigenvalue weighted by Crippen LogP contribution is -2.12. The van der Waals surface area contributed by atoms with Gasteiger partial charge in [0.1, 0.15) is 0 Å². The molecule has 1 rings (SSSR count). The highest BCUT2D eigenvalue weighted by molar-refractivity contribution is 14.1. The predicted octanol–water partition coefficient (Wildman–Crippen LogP) is 2.96. The molecule has 0 spiro atoms. The second kappa shape index (κ2) is 8.14. The lowest BCUT2D eigenvalue weighted by molar-refractivity contribution is -0.143. The Labute approximate surface area is 126 Å². The first kappa shape index (κ1) is 15.9. The van der Waals surface area contributed by atoms with Crippen molar-refractivity contribution < 1.29 is 19.1 Å². The molecule has 4 nitrogen and oxygen atoms in total. The van der Waals surface area contributed by atoms with E-state index in [1.807, 2.05) is 12.1 Å². The van der Waals surface area contributed by atoms with Gasteiger partial charge in [0.05, 0.1) is 18.8 Å². The summed E-state index contributed by atoms with van der Waals surface area (Å²) in [5, 5.41) is 0. The Hall–Kier alpha value is -1.11. The van der Waals surface area contributed by atoms with Crippen molar-refractivity contribution in [1.29, 1.82) is 0 Å². The van der Waals surface area contributed by atoms with E-state index >= 15 is 0 Å². The van der Waals surface area contributed by atoms with E-state index in [0.717, 1.165) is 9.13 Å². The predicted molar refractivity (Wildman–Crippen MR) is 80.1 cm³/mol. The van der Waals surface area contributed by atoms with E-state index in [9.17, 15) is 9.59 Å². The molecule has 1 aromatic carbocycles. The molecule has 0 bridgehead atoms. The van der Waals surface area contributed by atoms with E-state index in [1.54, 1.807) is 19.9 Å². The van der Waals surface area contributed by atoms with Crippen LogP contribution in [0.5, 0.6) is 0 Å². The molecule has 0 atom stereocenters. The third-order valence-electron chi connectivity index (χ3n) is 2.50. The molecule has 19 heavy (non-hydrogen) atoms. The summed E-state index contributed by atoms with van der Waals surface area (Å²) in [5.74, 6) is -0.600. The zero-order chi connectivity index (χ0) is 14.3. The minimum atomic E-state index is -0.347. The topological polar surface area (TPSA) is 52.6 Å². The van der Waals surface area contributed by atoms with Gasteiger partial charge in [0.15, 0.2) is 0 Å². The van der Waals surface area contributed by atoms with Crippen molar-refractivity contribution in [3.05, 3.63) is 32.9 Å². The van der Waals surface area contributed by atoms with Crippen molar-refractivity contribution in [3.8, 4) is 0 Å². The van der Waals surface area contributed by atoms with Crippen LogP contribution in [0.1, 0.15) is 36.2 Å². The smallest absolute Gasteiger partial charge is 0.338 e. The molecular weight excluding hydrogens is 359 g/mol. The summed E-state index contributed by atoms with van der Waals surface area (Å²) < 4.78 is 10.9. The van der Waals surface area contributed by atoms with E-state index in [1.165, 1.54) is 0 Å². The van der Waals surface area contributed by atoms with Crippen LogP contribution in [-0.2, 0) is 20.7 Å². The molecule has 104 valence electrons. The van der Waals surface area contributed by atoms with Gasteiger partial charge in [-0.05, 0) is 60.6 Å². The molecule has 0 aliphatic carbocycles. The Balaban J connectivity index is 2.86. The standard InChI is InChI=1S/C14H17IO4/c1-3-18-13(16)9-8-10-11(14(17)19-4-2)6-5-7-12(10)15/h5-7H,3-4,8-9H2,1-2H3. The van der Waals surface area contributed by atoms with Crippen LogP contribution in [0, 0.1) is 3.57 Å². The molecule has 0 saturated carbocycles. The zero-order valence-corrected chi connectivity index (χ0v) is 13.2. The van der Waals surface area contributed by atoms with Gasteiger partial charge in [-0.1, -0.05) is 6.07 Å². The number of benzene rings is 1. The number of carbonyl (C=O) groups is 2. The number of rotatable bonds is 6. The van der Waals surface area contributed by atoms with E-state index in [0.29, 0.717) is 25.2 Å². The van der Waals surface area contributed by atoms with Gasteiger partial charge in [0.2, 0.25) is 0 Å². The van der Waals surface area contributed by atoms with E-state index in [-0.39, 0.29) is 18.4 Å². The molecule has 1 aromatic rings. The van der Waals surface area contributed by atoms with Gasteiger partial charge in [0, 0.05) is 9.99 Å². The van der Waals surface area contributed by atoms with E-state index in [4.69, 9.17) is 9.47 Å². The molecule has 5 heteroatoms. The number of hydrogen-bond donors (Lipinski definition) is 0. The number of esters is 2. The fourth-order valence-corrected chi connectivity index (χ4v) is 2.44. The van der Waals surface area contributed by atoms with Crippen molar-refractivity contribution in [2.45, 2.75) is 26.7 Å². The third-order valence-corrected chi connectivity index (χ3v) is 3.51. The van der Waals surface area contributed by atoms with Crippen LogP contribution in [0.25, 0.3) is 0 Å². The first-order valence-electron chi connectivity index (χ1n) is 6.20. The molecule has 0 saturated heterocycles. The SMILES string of the molecule is CCOC(=O)CCc1c(I)cccc1C(=O)OCC. The zero-order valence-electron chi connectivity index (χ0n) is 11.1. The number of carbonyl (C=O) groups excluding carboxylic acids is 2. The molecule has 0 fully saturated rings. The Bertz CT molecular complexity index is 457. The summed E-state index contributed by atoms with van der Waals surface area (Å²) >= 11 is 2.16. The largest absolute Gasteiger partial charge is 0.466 e. The number of hydrogen-bond acceptors (Lipinski definition) is 4. The highest BCUT2D eigenvalue weighted by Gasteiger charge is 2.16. The maximum Gasteiger partial charge on any atom is 0.338 e. The van der Waals surface area contributed by atoms with E-state index in [2.05, 4.69) is 22.6 Å². The Morgan fingerprint density at radius 1 is 1.16 bits per heavy atom. The van der Waals surface area contributed by atoms with Gasteiger partial charge in [-0.2, -0.15) is 0 Å². The van der Waals surface area contributed by atoms with Crippen LogP contribution in [-0.4, -0.2) is 25.2 Å². The average molecular weight is 376 g/mol. The molecule has 0 unspecified atom stereocenters. The van der Waals surface area contributed by atoms with Crippen molar-refractivity contribution in [2.75, 3.05) is 13.2 Å². The molecule has 0 aromatic heterocycles. The molecule has 0 radical (unpaired) electrons. The van der Waals surface area contributed by atoms with Gasteiger partial charge in [-0.25, -0.2) is 4.79 Å². The highest BCUT2D eigenvalue weighted by Crippen LogP contribution is 2.20. The average Bonchev–Trinajstić information content (AvgIpc) is 2.37. The van der Waals surface area contributed by atoms with Gasteiger partial charge in [-0.15, -0.1) is 0 Å². The molecule has 0 aliphatic heterocycles. The Morgan fingerprint density at radius 3 is 2.47 bits per heavy atom. The van der Waals surface area contributed by atoms with Crippen LogP contribution < -0.4 is 0 Å². The summed E-state index contributed by atoms with van der Waals surface area (Å²) in [6.07, 6.45) is 0.742. The summed E-state index contributed by atoms with van der Waals surface area (Å²) in [6.45, 7) is 4.25. The van der Waals surface area contributed by atoms with Crippen LogP contribution in [0.15, 0.2) is 18.2 Å².